The molecule has 3 nitrogen and oxygen atoms in total. The lowest BCUT2D eigenvalue weighted by Gasteiger charge is -2.02. The predicted octanol–water partition coefficient (Wildman–Crippen LogP) is 2.72. The Morgan fingerprint density at radius 1 is 1.54 bits per heavy atom. The lowest BCUT2D eigenvalue weighted by Crippen LogP contribution is -2.07. The van der Waals surface area contributed by atoms with E-state index in [0.717, 1.165) is 4.47 Å². The number of hydrogen-bond donors (Lipinski definition) is 0. The zero-order valence-corrected chi connectivity index (χ0v) is 9.67. The number of aliphatic imine (C=N–C) groups is 1. The number of rotatable bonds is 2. The minimum Gasteiger partial charge on any atom is -0.369 e. The molecule has 0 aliphatic rings. The van der Waals surface area contributed by atoms with Gasteiger partial charge < -0.3 is 4.90 Å². The molecular formula is C8H9BrClN3. The maximum atomic E-state index is 5.78. The van der Waals surface area contributed by atoms with E-state index in [1.807, 2.05) is 25.1 Å². The molecule has 1 aromatic heterocycles. The molecule has 0 aliphatic heterocycles. The number of nitrogens with zero attached hydrogens (tertiary/aromatic N) is 3. The van der Waals surface area contributed by atoms with Crippen LogP contribution in [0.25, 0.3) is 0 Å². The van der Waals surface area contributed by atoms with Crippen LogP contribution < -0.4 is 0 Å². The zero-order valence-electron chi connectivity index (χ0n) is 7.33. The fourth-order valence-corrected chi connectivity index (χ4v) is 1.02. The third-order valence-electron chi connectivity index (χ3n) is 1.21. The topological polar surface area (TPSA) is 28.5 Å². The lowest BCUT2D eigenvalue weighted by atomic mass is 10.5. The first-order valence-electron chi connectivity index (χ1n) is 3.62. The molecular weight excluding hydrogens is 253 g/mol. The first-order chi connectivity index (χ1) is 6.09. The highest BCUT2D eigenvalue weighted by Gasteiger charge is 1.98. The highest BCUT2D eigenvalue weighted by atomic mass is 79.9. The predicted molar refractivity (Wildman–Crippen MR) is 58.8 cm³/mol. The normalized spacial score (nSPS) is 10.8. The summed E-state index contributed by atoms with van der Waals surface area (Å²) in [6, 6.07) is 3.60. The van der Waals surface area contributed by atoms with Crippen LogP contribution in [0.5, 0.6) is 0 Å². The molecule has 0 radical (unpaired) electrons. The van der Waals surface area contributed by atoms with Crippen LogP contribution in [0, 0.1) is 0 Å². The molecule has 0 bridgehead atoms. The van der Waals surface area contributed by atoms with Gasteiger partial charge >= 0.3 is 0 Å². The number of halogens is 2. The average molecular weight is 263 g/mol. The number of hydrogen-bond acceptors (Lipinski definition) is 2. The van der Waals surface area contributed by atoms with Crippen molar-refractivity contribution in [1.29, 1.82) is 0 Å². The van der Waals surface area contributed by atoms with Gasteiger partial charge in [0, 0.05) is 14.1 Å². The molecule has 0 unspecified atom stereocenters. The Labute approximate surface area is 90.6 Å². The monoisotopic (exact) mass is 261 g/mol. The summed E-state index contributed by atoms with van der Waals surface area (Å²) in [5.41, 5.74) is 0. The Balaban J connectivity index is 2.85. The van der Waals surface area contributed by atoms with E-state index in [9.17, 15) is 0 Å². The van der Waals surface area contributed by atoms with Crippen LogP contribution in [-0.4, -0.2) is 30.3 Å². The van der Waals surface area contributed by atoms with E-state index >= 15 is 0 Å². The van der Waals surface area contributed by atoms with Crippen LogP contribution in [0.4, 0.5) is 5.82 Å². The molecule has 0 fully saturated rings. The van der Waals surface area contributed by atoms with Crippen molar-refractivity contribution in [3.05, 3.63) is 21.8 Å². The highest BCUT2D eigenvalue weighted by Crippen LogP contribution is 2.22. The van der Waals surface area contributed by atoms with Crippen LogP contribution in [0.2, 0.25) is 5.15 Å². The Bertz CT molecular complexity index is 325. The van der Waals surface area contributed by atoms with Gasteiger partial charge in [-0.3, -0.25) is 0 Å². The number of pyridine rings is 1. The van der Waals surface area contributed by atoms with Gasteiger partial charge in [-0.25, -0.2) is 9.98 Å². The van der Waals surface area contributed by atoms with Gasteiger partial charge in [-0.2, -0.15) is 0 Å². The molecule has 5 heteroatoms. The highest BCUT2D eigenvalue weighted by molar-refractivity contribution is 9.10. The Hall–Kier alpha value is -0.610. The van der Waals surface area contributed by atoms with Crippen molar-refractivity contribution in [3.63, 3.8) is 0 Å². The van der Waals surface area contributed by atoms with Crippen LogP contribution in [0.1, 0.15) is 0 Å². The Morgan fingerprint density at radius 2 is 2.23 bits per heavy atom. The van der Waals surface area contributed by atoms with Crippen molar-refractivity contribution in [2.45, 2.75) is 0 Å². The van der Waals surface area contributed by atoms with Crippen molar-refractivity contribution in [1.82, 2.24) is 9.88 Å². The maximum absolute atomic E-state index is 5.78. The summed E-state index contributed by atoms with van der Waals surface area (Å²) >= 11 is 9.04. The van der Waals surface area contributed by atoms with Crippen LogP contribution in [0.15, 0.2) is 21.6 Å². The van der Waals surface area contributed by atoms with Crippen molar-refractivity contribution in [3.8, 4) is 0 Å². The molecule has 0 aromatic carbocycles. The van der Waals surface area contributed by atoms with E-state index in [-0.39, 0.29) is 0 Å². The molecule has 13 heavy (non-hydrogen) atoms. The van der Waals surface area contributed by atoms with Gasteiger partial charge in [0.05, 0.1) is 10.8 Å². The smallest absolute Gasteiger partial charge is 0.155 e. The SMILES string of the molecule is CN(C)C=Nc1ccc(Br)c(Cl)n1. The third kappa shape index (κ3) is 3.32. The van der Waals surface area contributed by atoms with Crippen molar-refractivity contribution in [2.75, 3.05) is 14.1 Å². The summed E-state index contributed by atoms with van der Waals surface area (Å²) in [5, 5.41) is 0.424. The van der Waals surface area contributed by atoms with Gasteiger partial charge in [0.1, 0.15) is 5.15 Å². The van der Waals surface area contributed by atoms with E-state index in [1.165, 1.54) is 0 Å². The fourth-order valence-electron chi connectivity index (χ4n) is 0.654. The van der Waals surface area contributed by atoms with E-state index in [1.54, 1.807) is 12.4 Å². The van der Waals surface area contributed by atoms with Crippen molar-refractivity contribution >= 4 is 39.7 Å². The Kier molecular flexibility index (Phi) is 3.69. The van der Waals surface area contributed by atoms with Crippen molar-refractivity contribution < 1.29 is 0 Å². The van der Waals surface area contributed by atoms with E-state index in [0.29, 0.717) is 11.0 Å². The minimum absolute atomic E-state index is 0.424. The van der Waals surface area contributed by atoms with Crippen LogP contribution >= 0.6 is 27.5 Å². The maximum Gasteiger partial charge on any atom is 0.155 e. The second kappa shape index (κ2) is 4.58. The van der Waals surface area contributed by atoms with Gasteiger partial charge in [-0.05, 0) is 28.1 Å². The van der Waals surface area contributed by atoms with E-state index < -0.39 is 0 Å². The van der Waals surface area contributed by atoms with E-state index in [2.05, 4.69) is 25.9 Å². The standard InChI is InChI=1S/C8H9BrClN3/c1-13(2)5-11-7-4-3-6(9)8(10)12-7/h3-5H,1-2H3. The number of aromatic nitrogens is 1. The largest absolute Gasteiger partial charge is 0.369 e. The molecule has 1 rings (SSSR count). The molecule has 0 saturated carbocycles. The summed E-state index contributed by atoms with van der Waals surface area (Å²) in [6.07, 6.45) is 1.67. The van der Waals surface area contributed by atoms with Crippen LogP contribution in [0.3, 0.4) is 0 Å². The second-order valence-electron chi connectivity index (χ2n) is 2.65. The summed E-state index contributed by atoms with van der Waals surface area (Å²) in [6.45, 7) is 0. The quantitative estimate of drug-likeness (QED) is 0.466. The first-order valence-corrected chi connectivity index (χ1v) is 4.79. The lowest BCUT2D eigenvalue weighted by molar-refractivity contribution is 0.643. The summed E-state index contributed by atoms with van der Waals surface area (Å²) in [5.74, 6) is 0.599. The van der Waals surface area contributed by atoms with Gasteiger partial charge in [-0.15, -0.1) is 0 Å². The molecule has 0 N–H and O–H groups in total. The molecule has 70 valence electrons. The van der Waals surface area contributed by atoms with Gasteiger partial charge in [0.25, 0.3) is 0 Å². The molecule has 1 heterocycles. The van der Waals surface area contributed by atoms with Gasteiger partial charge in [0.15, 0.2) is 5.82 Å². The second-order valence-corrected chi connectivity index (χ2v) is 3.86. The summed E-state index contributed by atoms with van der Waals surface area (Å²) < 4.78 is 0.776. The van der Waals surface area contributed by atoms with Crippen LogP contribution in [-0.2, 0) is 0 Å². The van der Waals surface area contributed by atoms with Gasteiger partial charge in [-0.1, -0.05) is 11.6 Å². The van der Waals surface area contributed by atoms with Crippen molar-refractivity contribution in [2.24, 2.45) is 4.99 Å². The minimum atomic E-state index is 0.424. The van der Waals surface area contributed by atoms with E-state index in [4.69, 9.17) is 11.6 Å². The fraction of sp³-hybridized carbons (Fsp3) is 0.250. The molecule has 0 saturated heterocycles. The third-order valence-corrected chi connectivity index (χ3v) is 2.37. The molecule has 1 aromatic rings. The zero-order chi connectivity index (χ0) is 9.84. The Morgan fingerprint density at radius 3 is 2.77 bits per heavy atom. The molecule has 0 atom stereocenters. The first kappa shape index (κ1) is 10.5. The molecule has 0 spiro atoms. The average Bonchev–Trinajstić information content (AvgIpc) is 2.07. The molecule has 0 amide bonds. The summed E-state index contributed by atoms with van der Waals surface area (Å²) in [7, 11) is 3.79. The molecule has 0 aliphatic carbocycles. The van der Waals surface area contributed by atoms with Gasteiger partial charge in [0.2, 0.25) is 0 Å². The summed E-state index contributed by atoms with van der Waals surface area (Å²) in [4.78, 5) is 9.96.